The minimum absolute atomic E-state index is 0.0105. The van der Waals surface area contributed by atoms with Crippen LogP contribution < -0.4 is 0 Å². The lowest BCUT2D eigenvalue weighted by atomic mass is 9.56. The Kier molecular flexibility index (Phi) is 6.46. The van der Waals surface area contributed by atoms with Crippen LogP contribution in [0, 0.1) is 11.8 Å². The molecule has 0 N–H and O–H groups in total. The SMILES string of the molecule is CC[C@H]1CCC[C@@H](B2OC(C)(C)C(C)(C)O2)[C@@H]1C[Si](CC)CC. The Morgan fingerprint density at radius 3 is 2.00 bits per heavy atom. The summed E-state index contributed by atoms with van der Waals surface area (Å²) in [5.74, 6) is 2.30. The molecule has 0 aromatic rings. The molecule has 0 spiro atoms. The molecule has 2 fully saturated rings. The van der Waals surface area contributed by atoms with Crippen molar-refractivity contribution in [3.8, 4) is 0 Å². The zero-order chi connectivity index (χ0) is 17.3. The van der Waals surface area contributed by atoms with Gasteiger partial charge in [0.25, 0.3) is 0 Å². The van der Waals surface area contributed by atoms with Gasteiger partial charge in [0.15, 0.2) is 0 Å². The van der Waals surface area contributed by atoms with Gasteiger partial charge in [-0.1, -0.05) is 64.6 Å². The maximum absolute atomic E-state index is 6.46. The van der Waals surface area contributed by atoms with Crippen molar-refractivity contribution in [2.45, 2.75) is 109 Å². The molecule has 0 aromatic carbocycles. The summed E-state index contributed by atoms with van der Waals surface area (Å²) in [7, 11) is -0.183. The summed E-state index contributed by atoms with van der Waals surface area (Å²) in [6.45, 7) is 15.9. The molecular formula is C19H38BO2Si. The molecule has 1 aliphatic heterocycles. The van der Waals surface area contributed by atoms with Crippen molar-refractivity contribution in [2.24, 2.45) is 11.8 Å². The van der Waals surface area contributed by atoms with E-state index < -0.39 is 0 Å². The zero-order valence-electron chi connectivity index (χ0n) is 16.6. The highest BCUT2D eigenvalue weighted by Crippen LogP contribution is 2.50. The number of rotatable bonds is 6. The van der Waals surface area contributed by atoms with E-state index in [1.807, 2.05) is 0 Å². The van der Waals surface area contributed by atoms with Crippen molar-refractivity contribution in [3.05, 3.63) is 0 Å². The molecule has 2 aliphatic rings. The van der Waals surface area contributed by atoms with E-state index in [4.69, 9.17) is 9.31 Å². The molecule has 4 heteroatoms. The second kappa shape index (κ2) is 7.62. The zero-order valence-corrected chi connectivity index (χ0v) is 17.6. The van der Waals surface area contributed by atoms with Crippen LogP contribution in [-0.2, 0) is 9.31 Å². The first-order valence-corrected chi connectivity index (χ1v) is 12.1. The average molecular weight is 337 g/mol. The van der Waals surface area contributed by atoms with Crippen molar-refractivity contribution in [1.29, 1.82) is 0 Å². The molecule has 1 saturated carbocycles. The van der Waals surface area contributed by atoms with Crippen LogP contribution in [0.25, 0.3) is 0 Å². The van der Waals surface area contributed by atoms with E-state index in [9.17, 15) is 0 Å². The minimum Gasteiger partial charge on any atom is -0.403 e. The second-order valence-electron chi connectivity index (χ2n) is 8.71. The fourth-order valence-electron chi connectivity index (χ4n) is 4.49. The summed E-state index contributed by atoms with van der Waals surface area (Å²) in [5.41, 5.74) is -0.380. The predicted octanol–water partition coefficient (Wildman–Crippen LogP) is 5.81. The normalized spacial score (nSPS) is 33.4. The van der Waals surface area contributed by atoms with Crippen molar-refractivity contribution in [2.75, 3.05) is 0 Å². The van der Waals surface area contributed by atoms with Crippen molar-refractivity contribution in [1.82, 2.24) is 0 Å². The van der Waals surface area contributed by atoms with Crippen LogP contribution >= 0.6 is 0 Å². The fourth-order valence-corrected chi connectivity index (χ4v) is 6.87. The Morgan fingerprint density at radius 2 is 1.52 bits per heavy atom. The molecule has 0 aromatic heterocycles. The van der Waals surface area contributed by atoms with Gasteiger partial charge >= 0.3 is 7.12 Å². The molecular weight excluding hydrogens is 299 g/mol. The molecule has 0 amide bonds. The van der Waals surface area contributed by atoms with Crippen LogP contribution in [0.15, 0.2) is 0 Å². The summed E-state index contributed by atoms with van der Waals surface area (Å²) < 4.78 is 12.9. The summed E-state index contributed by atoms with van der Waals surface area (Å²) in [6, 6.07) is 4.28. The summed E-state index contributed by atoms with van der Waals surface area (Å²) >= 11 is 0. The smallest absolute Gasteiger partial charge is 0.403 e. The second-order valence-corrected chi connectivity index (χ2v) is 12.0. The van der Waals surface area contributed by atoms with Crippen LogP contribution in [-0.4, -0.2) is 27.1 Å². The van der Waals surface area contributed by atoms with Gasteiger partial charge in [-0.25, -0.2) is 0 Å². The lowest BCUT2D eigenvalue weighted by Crippen LogP contribution is -2.41. The first-order chi connectivity index (χ1) is 10.8. The number of hydrogen-bond donors (Lipinski definition) is 0. The molecule has 133 valence electrons. The molecule has 0 unspecified atom stereocenters. The fraction of sp³-hybridized carbons (Fsp3) is 1.00. The van der Waals surface area contributed by atoms with Crippen LogP contribution in [0.3, 0.4) is 0 Å². The first kappa shape index (κ1) is 19.5. The van der Waals surface area contributed by atoms with E-state index in [2.05, 4.69) is 48.5 Å². The van der Waals surface area contributed by atoms with Crippen molar-refractivity contribution in [3.63, 3.8) is 0 Å². The van der Waals surface area contributed by atoms with E-state index in [-0.39, 0.29) is 27.1 Å². The van der Waals surface area contributed by atoms with E-state index in [0.29, 0.717) is 5.82 Å². The van der Waals surface area contributed by atoms with Gasteiger partial charge in [0.2, 0.25) is 0 Å². The highest BCUT2D eigenvalue weighted by molar-refractivity contribution is 6.59. The maximum atomic E-state index is 6.46. The van der Waals surface area contributed by atoms with Gasteiger partial charge in [-0.15, -0.1) is 0 Å². The van der Waals surface area contributed by atoms with Crippen LogP contribution in [0.1, 0.15) is 74.1 Å². The van der Waals surface area contributed by atoms with Crippen molar-refractivity contribution >= 4 is 15.9 Å². The predicted molar refractivity (Wildman–Crippen MR) is 102 cm³/mol. The first-order valence-electron chi connectivity index (χ1n) is 9.94. The third-order valence-corrected chi connectivity index (χ3v) is 9.99. The van der Waals surface area contributed by atoms with Gasteiger partial charge < -0.3 is 9.31 Å². The monoisotopic (exact) mass is 337 g/mol. The molecule has 0 bridgehead atoms. The molecule has 1 aliphatic carbocycles. The van der Waals surface area contributed by atoms with E-state index in [1.165, 1.54) is 43.8 Å². The summed E-state index contributed by atoms with van der Waals surface area (Å²) in [6.07, 6.45) is 5.38. The Bertz CT molecular complexity index is 366. The molecule has 2 rings (SSSR count). The van der Waals surface area contributed by atoms with Crippen LogP contribution in [0.4, 0.5) is 0 Å². The third-order valence-electron chi connectivity index (χ3n) is 6.94. The quantitative estimate of drug-likeness (QED) is 0.569. The van der Waals surface area contributed by atoms with Gasteiger partial charge in [0.1, 0.15) is 0 Å². The van der Waals surface area contributed by atoms with E-state index in [1.54, 1.807) is 0 Å². The van der Waals surface area contributed by atoms with Gasteiger partial charge in [-0.3, -0.25) is 0 Å². The average Bonchev–Trinajstić information content (AvgIpc) is 2.72. The van der Waals surface area contributed by atoms with E-state index >= 15 is 0 Å². The minimum atomic E-state index is -0.194. The standard InChI is InChI=1S/C19H38BO2Si/c1-8-15-12-11-13-17(16(15)14-23(9-2)10-3)20-21-18(4,5)19(6,7)22-20/h15-17H,8-14H2,1-7H3/t15-,16+,17+/m0/s1. The highest BCUT2D eigenvalue weighted by Gasteiger charge is 2.55. The Morgan fingerprint density at radius 1 is 0.957 bits per heavy atom. The van der Waals surface area contributed by atoms with Crippen LogP contribution in [0.2, 0.25) is 23.9 Å². The Labute approximate surface area is 146 Å². The molecule has 2 nitrogen and oxygen atoms in total. The maximum Gasteiger partial charge on any atom is 0.461 e. The number of hydrogen-bond acceptors (Lipinski definition) is 2. The lowest BCUT2D eigenvalue weighted by Gasteiger charge is -2.40. The van der Waals surface area contributed by atoms with Gasteiger partial charge in [-0.2, -0.15) is 0 Å². The molecule has 3 atom stereocenters. The molecule has 1 radical (unpaired) electrons. The van der Waals surface area contributed by atoms with Gasteiger partial charge in [0.05, 0.1) is 11.2 Å². The van der Waals surface area contributed by atoms with Gasteiger partial charge in [0, 0.05) is 8.80 Å². The van der Waals surface area contributed by atoms with E-state index in [0.717, 1.165) is 11.8 Å². The summed E-state index contributed by atoms with van der Waals surface area (Å²) in [5, 5.41) is 0. The van der Waals surface area contributed by atoms with Gasteiger partial charge in [-0.05, 0) is 45.3 Å². The van der Waals surface area contributed by atoms with Crippen LogP contribution in [0.5, 0.6) is 0 Å². The van der Waals surface area contributed by atoms with Crippen molar-refractivity contribution < 1.29 is 9.31 Å². The third kappa shape index (κ3) is 4.07. The lowest BCUT2D eigenvalue weighted by molar-refractivity contribution is 0.00578. The molecule has 23 heavy (non-hydrogen) atoms. The summed E-state index contributed by atoms with van der Waals surface area (Å²) in [4.78, 5) is 0. The topological polar surface area (TPSA) is 18.5 Å². The Hall–Kier alpha value is 0.202. The largest absolute Gasteiger partial charge is 0.461 e. The Balaban J connectivity index is 2.17. The highest BCUT2D eigenvalue weighted by atomic mass is 28.3. The molecule has 1 saturated heterocycles. The molecule has 1 heterocycles.